The van der Waals surface area contributed by atoms with E-state index in [9.17, 15) is 25.2 Å². The smallest absolute Gasteiger partial charge is 0.306 e. The van der Waals surface area contributed by atoms with E-state index in [0.29, 0.717) is 13.0 Å². The van der Waals surface area contributed by atoms with E-state index in [2.05, 4.69) is 50.3 Å². The van der Waals surface area contributed by atoms with Crippen LogP contribution in [0.15, 0.2) is 36.5 Å². The maximum atomic E-state index is 12.8. The molecule has 6 unspecified atom stereocenters. The third-order valence-corrected chi connectivity index (χ3v) is 10.6. The molecule has 0 spiro atoms. The Balaban J connectivity index is 2.25. The van der Waals surface area contributed by atoms with Crippen LogP contribution < -0.4 is 0 Å². The van der Waals surface area contributed by atoms with Gasteiger partial charge in [0.25, 0.3) is 0 Å². The number of esters is 1. The highest BCUT2D eigenvalue weighted by atomic mass is 16.7. The number of ether oxygens (including phenoxy) is 4. The van der Waals surface area contributed by atoms with Crippen LogP contribution >= 0.6 is 0 Å². The first-order valence-electron chi connectivity index (χ1n) is 23.1. The first kappa shape index (κ1) is 52.4. The highest BCUT2D eigenvalue weighted by Gasteiger charge is 2.44. The van der Waals surface area contributed by atoms with Crippen molar-refractivity contribution in [3.05, 3.63) is 36.5 Å². The van der Waals surface area contributed by atoms with Crippen LogP contribution in [0.2, 0.25) is 0 Å². The molecule has 0 amide bonds. The quantitative estimate of drug-likeness (QED) is 0.0272. The zero-order valence-corrected chi connectivity index (χ0v) is 35.9. The van der Waals surface area contributed by atoms with E-state index >= 15 is 0 Å². The Morgan fingerprint density at radius 3 is 1.59 bits per heavy atom. The molecule has 4 N–H and O–H groups in total. The van der Waals surface area contributed by atoms with Crippen LogP contribution in [0.5, 0.6) is 0 Å². The lowest BCUT2D eigenvalue weighted by molar-refractivity contribution is -0.305. The number of aliphatic hydroxyl groups excluding tert-OH is 4. The maximum Gasteiger partial charge on any atom is 0.306 e. The Labute approximate surface area is 342 Å². The minimum absolute atomic E-state index is 0.115. The van der Waals surface area contributed by atoms with Crippen molar-refractivity contribution in [2.75, 3.05) is 26.4 Å². The largest absolute Gasteiger partial charge is 0.457 e. The standard InChI is InChI=1S/C47H86O9/c1-3-5-7-9-11-13-15-17-18-19-20-21-22-23-25-27-29-31-33-35-37-53-39-41(40-54-47-46(52)45(51)44(50)42(38-48)56-47)55-43(49)36-34-32-30-28-26-24-16-14-12-10-8-6-4-2/h11,13,17-18,20-21,41-42,44-48,50-52H,3-10,12,14-16,19,22-40H2,1-2H3/b13-11-,18-17-,21-20-. The van der Waals surface area contributed by atoms with Crippen molar-refractivity contribution < 1.29 is 44.2 Å². The van der Waals surface area contributed by atoms with Crippen molar-refractivity contribution >= 4 is 5.97 Å². The van der Waals surface area contributed by atoms with E-state index < -0.39 is 43.4 Å². The molecule has 9 heteroatoms. The van der Waals surface area contributed by atoms with Crippen molar-refractivity contribution in [1.82, 2.24) is 0 Å². The Morgan fingerprint density at radius 2 is 1.04 bits per heavy atom. The van der Waals surface area contributed by atoms with Gasteiger partial charge in [0, 0.05) is 13.0 Å². The van der Waals surface area contributed by atoms with Crippen LogP contribution in [0.4, 0.5) is 0 Å². The molecule has 0 aliphatic carbocycles. The second-order valence-corrected chi connectivity index (χ2v) is 15.9. The van der Waals surface area contributed by atoms with E-state index in [4.69, 9.17) is 18.9 Å². The first-order chi connectivity index (χ1) is 27.4. The average molecular weight is 795 g/mol. The molecule has 0 aromatic rings. The molecule has 1 rings (SSSR count). The summed E-state index contributed by atoms with van der Waals surface area (Å²) < 4.78 is 22.8. The molecule has 0 saturated carbocycles. The molecule has 1 aliphatic rings. The molecule has 1 aliphatic heterocycles. The normalized spacial score (nSPS) is 20.9. The lowest BCUT2D eigenvalue weighted by atomic mass is 9.99. The fourth-order valence-corrected chi connectivity index (χ4v) is 6.91. The van der Waals surface area contributed by atoms with Gasteiger partial charge in [-0.3, -0.25) is 4.79 Å². The number of carbonyl (C=O) groups is 1. The minimum Gasteiger partial charge on any atom is -0.457 e. The SMILES string of the molecule is CCCCC/C=C\C/C=C\C/C=C\CCCCCCCCCOCC(COC1OC(CO)C(O)C(O)C1O)OC(=O)CCCCCCCCCCCCCCC. The van der Waals surface area contributed by atoms with E-state index in [0.717, 1.165) is 57.8 Å². The topological polar surface area (TPSA) is 135 Å². The van der Waals surface area contributed by atoms with Gasteiger partial charge in [-0.1, -0.05) is 172 Å². The summed E-state index contributed by atoms with van der Waals surface area (Å²) in [5.41, 5.74) is 0. The van der Waals surface area contributed by atoms with Gasteiger partial charge < -0.3 is 39.4 Å². The van der Waals surface area contributed by atoms with Crippen molar-refractivity contribution in [1.29, 1.82) is 0 Å². The number of carbonyl (C=O) groups excluding carboxylic acids is 1. The van der Waals surface area contributed by atoms with Gasteiger partial charge in [0.1, 0.15) is 30.5 Å². The number of hydrogen-bond acceptors (Lipinski definition) is 9. The molecule has 1 heterocycles. The summed E-state index contributed by atoms with van der Waals surface area (Å²) in [6.45, 7) is 4.52. The number of aliphatic hydroxyl groups is 4. The van der Waals surface area contributed by atoms with Gasteiger partial charge in [0.15, 0.2) is 6.29 Å². The van der Waals surface area contributed by atoms with E-state index in [-0.39, 0.29) is 19.2 Å². The molecule has 0 bridgehead atoms. The summed E-state index contributed by atoms with van der Waals surface area (Å²) in [6, 6.07) is 0. The van der Waals surface area contributed by atoms with Gasteiger partial charge in [0.2, 0.25) is 0 Å². The van der Waals surface area contributed by atoms with E-state index in [1.807, 2.05) is 0 Å². The summed E-state index contributed by atoms with van der Waals surface area (Å²) >= 11 is 0. The number of unbranched alkanes of at least 4 members (excludes halogenated alkanes) is 22. The van der Waals surface area contributed by atoms with Gasteiger partial charge in [0.05, 0.1) is 19.8 Å². The van der Waals surface area contributed by atoms with Crippen LogP contribution in [0.3, 0.4) is 0 Å². The van der Waals surface area contributed by atoms with E-state index in [1.165, 1.54) is 116 Å². The van der Waals surface area contributed by atoms with Crippen molar-refractivity contribution in [2.45, 2.75) is 230 Å². The molecule has 6 atom stereocenters. The molecule has 328 valence electrons. The Bertz CT molecular complexity index is 952. The minimum atomic E-state index is -1.54. The van der Waals surface area contributed by atoms with Gasteiger partial charge in [-0.05, 0) is 51.4 Å². The maximum absolute atomic E-state index is 12.8. The summed E-state index contributed by atoms with van der Waals surface area (Å²) in [5.74, 6) is -0.317. The van der Waals surface area contributed by atoms with Gasteiger partial charge >= 0.3 is 5.97 Å². The molecular formula is C47H86O9. The van der Waals surface area contributed by atoms with Crippen LogP contribution in [-0.4, -0.2) is 89.6 Å². The number of rotatable bonds is 39. The van der Waals surface area contributed by atoms with Crippen molar-refractivity contribution in [3.8, 4) is 0 Å². The zero-order valence-electron chi connectivity index (χ0n) is 35.9. The number of hydrogen-bond donors (Lipinski definition) is 4. The average Bonchev–Trinajstić information content (AvgIpc) is 3.20. The van der Waals surface area contributed by atoms with Crippen molar-refractivity contribution in [2.24, 2.45) is 0 Å². The van der Waals surface area contributed by atoms with E-state index in [1.54, 1.807) is 0 Å². The first-order valence-corrected chi connectivity index (χ1v) is 23.1. The summed E-state index contributed by atoms with van der Waals surface area (Å²) in [5, 5.41) is 40.1. The highest BCUT2D eigenvalue weighted by Crippen LogP contribution is 2.22. The predicted octanol–water partition coefficient (Wildman–Crippen LogP) is 10.4. The van der Waals surface area contributed by atoms with Crippen LogP contribution in [0.1, 0.15) is 194 Å². The summed E-state index contributed by atoms with van der Waals surface area (Å²) in [7, 11) is 0. The molecule has 1 saturated heterocycles. The monoisotopic (exact) mass is 795 g/mol. The fourth-order valence-electron chi connectivity index (χ4n) is 6.91. The summed E-state index contributed by atoms with van der Waals surface area (Å²) in [6.07, 6.45) is 38.8. The van der Waals surface area contributed by atoms with Crippen molar-refractivity contribution in [3.63, 3.8) is 0 Å². The molecule has 0 radical (unpaired) electrons. The highest BCUT2D eigenvalue weighted by molar-refractivity contribution is 5.69. The second-order valence-electron chi connectivity index (χ2n) is 15.9. The van der Waals surface area contributed by atoms with Gasteiger partial charge in [-0.2, -0.15) is 0 Å². The molecule has 56 heavy (non-hydrogen) atoms. The lowest BCUT2D eigenvalue weighted by Gasteiger charge is -2.39. The molecule has 0 aromatic carbocycles. The molecular weight excluding hydrogens is 709 g/mol. The third kappa shape index (κ3) is 29.6. The molecule has 1 fully saturated rings. The lowest BCUT2D eigenvalue weighted by Crippen LogP contribution is -2.59. The van der Waals surface area contributed by atoms with Gasteiger partial charge in [-0.15, -0.1) is 0 Å². The molecule has 0 aromatic heterocycles. The zero-order chi connectivity index (χ0) is 40.7. The van der Waals surface area contributed by atoms with Gasteiger partial charge in [-0.25, -0.2) is 0 Å². The van der Waals surface area contributed by atoms with Crippen LogP contribution in [0.25, 0.3) is 0 Å². The Hall–Kier alpha value is -1.59. The molecule has 9 nitrogen and oxygen atoms in total. The fraction of sp³-hybridized carbons (Fsp3) is 0.851. The predicted molar refractivity (Wildman–Crippen MR) is 228 cm³/mol. The number of allylic oxidation sites excluding steroid dienone is 6. The second kappa shape index (κ2) is 38.9. The summed E-state index contributed by atoms with van der Waals surface area (Å²) in [4.78, 5) is 12.8. The Kier molecular flexibility index (Phi) is 36.4. The van der Waals surface area contributed by atoms with Crippen LogP contribution in [-0.2, 0) is 23.7 Å². The Morgan fingerprint density at radius 1 is 0.571 bits per heavy atom. The van der Waals surface area contributed by atoms with Crippen LogP contribution in [0, 0.1) is 0 Å². The third-order valence-electron chi connectivity index (χ3n) is 10.6.